The third-order valence-electron chi connectivity index (χ3n) is 2.15. The molecular weight excluding hydrogens is 251 g/mol. The van der Waals surface area contributed by atoms with E-state index in [2.05, 4.69) is 5.32 Å². The Morgan fingerprint density at radius 2 is 1.94 bits per heavy atom. The molecular formula is C11H12F3NO3. The molecule has 18 heavy (non-hydrogen) atoms. The number of phenols is 2. The molecule has 100 valence electrons. The molecule has 0 fully saturated rings. The Balaban J connectivity index is 2.68. The highest BCUT2D eigenvalue weighted by molar-refractivity contribution is 5.95. The lowest BCUT2D eigenvalue weighted by Gasteiger charge is -2.15. The van der Waals surface area contributed by atoms with Crippen molar-refractivity contribution in [3.05, 3.63) is 23.8 Å². The van der Waals surface area contributed by atoms with Crippen LogP contribution in [0.25, 0.3) is 0 Å². The SMILES string of the molecule is CC(CC(F)(F)F)NC(=O)c1ccc(O)c(O)c1. The average molecular weight is 263 g/mol. The van der Waals surface area contributed by atoms with Crippen LogP contribution >= 0.6 is 0 Å². The summed E-state index contributed by atoms with van der Waals surface area (Å²) in [5.74, 6) is -1.66. The van der Waals surface area contributed by atoms with Crippen LogP contribution in [0, 0.1) is 0 Å². The van der Waals surface area contributed by atoms with Crippen LogP contribution in [0.1, 0.15) is 23.7 Å². The molecule has 0 saturated carbocycles. The second-order valence-corrected chi connectivity index (χ2v) is 3.90. The molecule has 0 saturated heterocycles. The van der Waals surface area contributed by atoms with Crippen LogP contribution in [0.2, 0.25) is 0 Å². The smallest absolute Gasteiger partial charge is 0.391 e. The van der Waals surface area contributed by atoms with Crippen molar-refractivity contribution < 1.29 is 28.2 Å². The topological polar surface area (TPSA) is 69.6 Å². The Bertz CT molecular complexity index is 446. The van der Waals surface area contributed by atoms with Gasteiger partial charge >= 0.3 is 6.18 Å². The van der Waals surface area contributed by atoms with E-state index in [-0.39, 0.29) is 5.56 Å². The van der Waals surface area contributed by atoms with Crippen LogP contribution in [0.15, 0.2) is 18.2 Å². The van der Waals surface area contributed by atoms with Crippen molar-refractivity contribution in [1.29, 1.82) is 0 Å². The number of phenolic OH excluding ortho intramolecular Hbond substituents is 2. The Kier molecular flexibility index (Phi) is 4.05. The fourth-order valence-corrected chi connectivity index (χ4v) is 1.37. The summed E-state index contributed by atoms with van der Waals surface area (Å²) in [5.41, 5.74) is -0.0284. The molecule has 1 unspecified atom stereocenters. The maximum absolute atomic E-state index is 12.1. The first-order valence-corrected chi connectivity index (χ1v) is 5.08. The number of hydrogen-bond donors (Lipinski definition) is 3. The van der Waals surface area contributed by atoms with E-state index < -0.39 is 36.0 Å². The second kappa shape index (κ2) is 5.16. The number of rotatable bonds is 3. The van der Waals surface area contributed by atoms with Crippen LogP contribution in [0.5, 0.6) is 11.5 Å². The zero-order chi connectivity index (χ0) is 13.9. The molecule has 0 aromatic heterocycles. The van der Waals surface area contributed by atoms with Gasteiger partial charge in [0.15, 0.2) is 11.5 Å². The normalized spacial score (nSPS) is 13.1. The highest BCUT2D eigenvalue weighted by atomic mass is 19.4. The predicted octanol–water partition coefficient (Wildman–Crippen LogP) is 2.17. The molecule has 0 heterocycles. The monoisotopic (exact) mass is 263 g/mol. The van der Waals surface area contributed by atoms with Gasteiger partial charge in [-0.3, -0.25) is 4.79 Å². The molecule has 1 aromatic carbocycles. The largest absolute Gasteiger partial charge is 0.504 e. The average Bonchev–Trinajstić information content (AvgIpc) is 2.18. The number of carbonyl (C=O) groups excluding carboxylic acids is 1. The zero-order valence-corrected chi connectivity index (χ0v) is 9.45. The van der Waals surface area contributed by atoms with Crippen molar-refractivity contribution in [2.24, 2.45) is 0 Å². The number of benzene rings is 1. The van der Waals surface area contributed by atoms with E-state index in [1.807, 2.05) is 0 Å². The summed E-state index contributed by atoms with van der Waals surface area (Å²) in [5, 5.41) is 20.3. The number of aromatic hydroxyl groups is 2. The minimum absolute atomic E-state index is 0.0284. The molecule has 0 spiro atoms. The molecule has 1 rings (SSSR count). The van der Waals surface area contributed by atoms with Gasteiger partial charge in [0, 0.05) is 11.6 Å². The summed E-state index contributed by atoms with van der Waals surface area (Å²) < 4.78 is 36.2. The molecule has 0 radical (unpaired) electrons. The Labute approximate surface area is 101 Å². The Morgan fingerprint density at radius 3 is 2.44 bits per heavy atom. The van der Waals surface area contributed by atoms with Crippen molar-refractivity contribution in [1.82, 2.24) is 5.32 Å². The molecule has 4 nitrogen and oxygen atoms in total. The zero-order valence-electron chi connectivity index (χ0n) is 9.45. The third-order valence-corrected chi connectivity index (χ3v) is 2.15. The quantitative estimate of drug-likeness (QED) is 0.732. The van der Waals surface area contributed by atoms with E-state index in [1.165, 1.54) is 13.0 Å². The number of amides is 1. The van der Waals surface area contributed by atoms with E-state index in [9.17, 15) is 18.0 Å². The minimum atomic E-state index is -4.36. The summed E-state index contributed by atoms with van der Waals surface area (Å²) >= 11 is 0. The first-order valence-electron chi connectivity index (χ1n) is 5.08. The molecule has 3 N–H and O–H groups in total. The van der Waals surface area contributed by atoms with Crippen molar-refractivity contribution in [2.45, 2.75) is 25.6 Å². The van der Waals surface area contributed by atoms with E-state index in [0.717, 1.165) is 12.1 Å². The van der Waals surface area contributed by atoms with Crippen molar-refractivity contribution in [3.63, 3.8) is 0 Å². The highest BCUT2D eigenvalue weighted by Gasteiger charge is 2.30. The van der Waals surface area contributed by atoms with Crippen molar-refractivity contribution in [2.75, 3.05) is 0 Å². The van der Waals surface area contributed by atoms with Gasteiger partial charge in [0.25, 0.3) is 5.91 Å². The lowest BCUT2D eigenvalue weighted by Crippen LogP contribution is -2.35. The van der Waals surface area contributed by atoms with Gasteiger partial charge in [0.1, 0.15) is 0 Å². The molecule has 1 amide bonds. The van der Waals surface area contributed by atoms with Gasteiger partial charge in [-0.25, -0.2) is 0 Å². The summed E-state index contributed by atoms with van der Waals surface area (Å²) in [6.45, 7) is 1.23. The first-order chi connectivity index (χ1) is 8.19. The Morgan fingerprint density at radius 1 is 1.33 bits per heavy atom. The summed E-state index contributed by atoms with van der Waals surface area (Å²) in [4.78, 5) is 11.5. The fraction of sp³-hybridized carbons (Fsp3) is 0.364. The van der Waals surface area contributed by atoms with Gasteiger partial charge in [-0.1, -0.05) is 0 Å². The van der Waals surface area contributed by atoms with Crippen LogP contribution in [-0.4, -0.2) is 28.3 Å². The molecule has 0 aliphatic heterocycles. The second-order valence-electron chi connectivity index (χ2n) is 3.90. The van der Waals surface area contributed by atoms with Gasteiger partial charge in [-0.05, 0) is 25.1 Å². The summed E-state index contributed by atoms with van der Waals surface area (Å²) in [6.07, 6.45) is -5.49. The number of halogens is 3. The van der Waals surface area contributed by atoms with Gasteiger partial charge in [-0.2, -0.15) is 13.2 Å². The molecule has 1 aromatic rings. The van der Waals surface area contributed by atoms with Crippen LogP contribution in [0.4, 0.5) is 13.2 Å². The maximum atomic E-state index is 12.1. The minimum Gasteiger partial charge on any atom is -0.504 e. The first kappa shape index (κ1) is 14.1. The standard InChI is InChI=1S/C11H12F3NO3/c1-6(5-11(12,13)14)15-10(18)7-2-3-8(16)9(17)4-7/h2-4,6,16-17H,5H2,1H3,(H,15,18). The molecule has 0 aliphatic rings. The van der Waals surface area contributed by atoms with Crippen molar-refractivity contribution in [3.8, 4) is 11.5 Å². The maximum Gasteiger partial charge on any atom is 0.391 e. The summed E-state index contributed by atoms with van der Waals surface area (Å²) in [7, 11) is 0. The van der Waals surface area contributed by atoms with E-state index in [4.69, 9.17) is 10.2 Å². The highest BCUT2D eigenvalue weighted by Crippen LogP contribution is 2.25. The fourth-order valence-electron chi connectivity index (χ4n) is 1.37. The molecule has 7 heteroatoms. The van der Waals surface area contributed by atoms with Crippen LogP contribution < -0.4 is 5.32 Å². The summed E-state index contributed by atoms with van der Waals surface area (Å²) in [6, 6.07) is 2.18. The number of nitrogens with one attached hydrogen (secondary N) is 1. The van der Waals surface area contributed by atoms with E-state index >= 15 is 0 Å². The predicted molar refractivity (Wildman–Crippen MR) is 57.4 cm³/mol. The van der Waals surface area contributed by atoms with Gasteiger partial charge in [0.2, 0.25) is 0 Å². The lowest BCUT2D eigenvalue weighted by atomic mass is 10.1. The Hall–Kier alpha value is -1.92. The van der Waals surface area contributed by atoms with Crippen molar-refractivity contribution >= 4 is 5.91 Å². The number of alkyl halides is 3. The lowest BCUT2D eigenvalue weighted by molar-refractivity contribution is -0.138. The molecule has 0 bridgehead atoms. The van der Waals surface area contributed by atoms with E-state index in [1.54, 1.807) is 0 Å². The van der Waals surface area contributed by atoms with Gasteiger partial charge in [0.05, 0.1) is 6.42 Å². The van der Waals surface area contributed by atoms with Gasteiger partial charge < -0.3 is 15.5 Å². The van der Waals surface area contributed by atoms with E-state index in [0.29, 0.717) is 0 Å². The molecule has 1 atom stereocenters. The number of hydrogen-bond acceptors (Lipinski definition) is 3. The number of carbonyl (C=O) groups is 1. The van der Waals surface area contributed by atoms with Crippen LogP contribution in [-0.2, 0) is 0 Å². The molecule has 0 aliphatic carbocycles. The third kappa shape index (κ3) is 4.15. The van der Waals surface area contributed by atoms with Crippen LogP contribution in [0.3, 0.4) is 0 Å². The van der Waals surface area contributed by atoms with Gasteiger partial charge in [-0.15, -0.1) is 0 Å².